The lowest BCUT2D eigenvalue weighted by atomic mass is 10.1. The molecule has 0 spiro atoms. The summed E-state index contributed by atoms with van der Waals surface area (Å²) in [5, 5.41) is 0. The molecular formula is C22H24N6O3S. The molecule has 3 aromatic rings. The van der Waals surface area contributed by atoms with Gasteiger partial charge >= 0.3 is 0 Å². The molecule has 2 aliphatic heterocycles. The minimum absolute atomic E-state index is 0.522. The summed E-state index contributed by atoms with van der Waals surface area (Å²) in [6.45, 7) is 3.59. The molecule has 0 radical (unpaired) electrons. The average molecular weight is 453 g/mol. The summed E-state index contributed by atoms with van der Waals surface area (Å²) in [4.78, 5) is 18.4. The van der Waals surface area contributed by atoms with Crippen LogP contribution in [0.3, 0.4) is 0 Å². The third kappa shape index (κ3) is 4.23. The van der Waals surface area contributed by atoms with Crippen LogP contribution in [-0.4, -0.2) is 62.5 Å². The van der Waals surface area contributed by atoms with Crippen LogP contribution in [0, 0.1) is 0 Å². The molecule has 1 fully saturated rings. The Morgan fingerprint density at radius 1 is 0.969 bits per heavy atom. The van der Waals surface area contributed by atoms with Crippen molar-refractivity contribution in [3.8, 4) is 11.3 Å². The number of rotatable bonds is 5. The van der Waals surface area contributed by atoms with E-state index in [1.807, 2.05) is 24.3 Å². The number of aromatic nitrogens is 3. The topological polar surface area (TPSA) is 101 Å². The molecule has 0 saturated carbocycles. The largest absolute Gasteiger partial charge is 0.378 e. The first-order valence-electron chi connectivity index (χ1n) is 10.5. The van der Waals surface area contributed by atoms with E-state index in [1.54, 1.807) is 24.5 Å². The Bertz CT molecular complexity index is 1210. The van der Waals surface area contributed by atoms with Gasteiger partial charge in [-0.25, -0.2) is 13.4 Å². The van der Waals surface area contributed by atoms with Gasteiger partial charge in [0.1, 0.15) is 5.82 Å². The number of hydrogen-bond acceptors (Lipinski definition) is 8. The number of sulfonamides is 1. The third-order valence-electron chi connectivity index (χ3n) is 5.54. The summed E-state index contributed by atoms with van der Waals surface area (Å²) in [5.74, 6) is 1.59. The van der Waals surface area contributed by atoms with Crippen LogP contribution in [0.1, 0.15) is 5.56 Å². The lowest BCUT2D eigenvalue weighted by Crippen LogP contribution is -2.37. The highest BCUT2D eigenvalue weighted by molar-refractivity contribution is 7.92. The maximum atomic E-state index is 11.5. The Morgan fingerprint density at radius 2 is 1.69 bits per heavy atom. The van der Waals surface area contributed by atoms with Gasteiger partial charge in [0, 0.05) is 54.5 Å². The van der Waals surface area contributed by atoms with Crippen LogP contribution < -0.4 is 14.5 Å². The molecule has 9 nitrogen and oxygen atoms in total. The maximum Gasteiger partial charge on any atom is 0.229 e. The summed E-state index contributed by atoms with van der Waals surface area (Å²) in [6, 6.07) is 11.3. The van der Waals surface area contributed by atoms with Gasteiger partial charge < -0.3 is 14.5 Å². The molecule has 32 heavy (non-hydrogen) atoms. The predicted molar refractivity (Wildman–Crippen MR) is 124 cm³/mol. The SMILES string of the molecule is CS(=O)(=O)Nc1ccc(-c2nc(N3CCOCC3)nc3c2CCN3c2ccncc2)cc1. The summed E-state index contributed by atoms with van der Waals surface area (Å²) >= 11 is 0. The molecule has 2 aromatic heterocycles. The normalized spacial score (nSPS) is 16.2. The van der Waals surface area contributed by atoms with Crippen molar-refractivity contribution in [2.75, 3.05) is 53.6 Å². The Hall–Kier alpha value is -3.24. The zero-order valence-electron chi connectivity index (χ0n) is 17.7. The molecule has 0 amide bonds. The maximum absolute atomic E-state index is 11.5. The highest BCUT2D eigenvalue weighted by Crippen LogP contribution is 2.39. The van der Waals surface area contributed by atoms with E-state index >= 15 is 0 Å². The van der Waals surface area contributed by atoms with Crippen molar-refractivity contribution in [1.82, 2.24) is 15.0 Å². The summed E-state index contributed by atoms with van der Waals surface area (Å²) in [5.41, 5.74) is 4.45. The van der Waals surface area contributed by atoms with Gasteiger partial charge in [0.2, 0.25) is 16.0 Å². The fourth-order valence-electron chi connectivity index (χ4n) is 4.07. The smallest absolute Gasteiger partial charge is 0.229 e. The average Bonchev–Trinajstić information content (AvgIpc) is 3.23. The third-order valence-corrected chi connectivity index (χ3v) is 6.15. The van der Waals surface area contributed by atoms with Crippen molar-refractivity contribution >= 4 is 33.2 Å². The standard InChI is InChI=1S/C22H24N6O3S/c1-32(29,30)26-17-4-2-16(3-5-17)20-19-8-11-28(18-6-9-23-10-7-18)21(19)25-22(24-20)27-12-14-31-15-13-27/h2-7,9-10,26H,8,11-15H2,1H3. The highest BCUT2D eigenvalue weighted by Gasteiger charge is 2.29. The second kappa shape index (κ2) is 8.36. The molecule has 0 atom stereocenters. The molecule has 0 aliphatic carbocycles. The van der Waals surface area contributed by atoms with Gasteiger partial charge in [0.05, 0.1) is 25.2 Å². The zero-order chi connectivity index (χ0) is 22.1. The van der Waals surface area contributed by atoms with Crippen LogP contribution in [-0.2, 0) is 21.2 Å². The molecule has 4 heterocycles. The molecular weight excluding hydrogens is 428 g/mol. The van der Waals surface area contributed by atoms with Crippen LogP contribution >= 0.6 is 0 Å². The minimum atomic E-state index is -3.33. The van der Waals surface area contributed by atoms with Crippen molar-refractivity contribution in [3.05, 3.63) is 54.4 Å². The lowest BCUT2D eigenvalue weighted by Gasteiger charge is -2.28. The van der Waals surface area contributed by atoms with Crippen molar-refractivity contribution in [2.45, 2.75) is 6.42 Å². The van der Waals surface area contributed by atoms with Crippen molar-refractivity contribution < 1.29 is 13.2 Å². The summed E-state index contributed by atoms with van der Waals surface area (Å²) in [6.07, 6.45) is 5.53. The van der Waals surface area contributed by atoms with Gasteiger partial charge in [-0.15, -0.1) is 0 Å². The number of fused-ring (bicyclic) bond motifs is 1. The second-order valence-corrected chi connectivity index (χ2v) is 9.58. The number of anilines is 4. The minimum Gasteiger partial charge on any atom is -0.378 e. The van der Waals surface area contributed by atoms with Gasteiger partial charge in [0.25, 0.3) is 0 Å². The number of ether oxygens (including phenoxy) is 1. The first kappa shape index (κ1) is 20.7. The van der Waals surface area contributed by atoms with Crippen LogP contribution in [0.5, 0.6) is 0 Å². The lowest BCUT2D eigenvalue weighted by molar-refractivity contribution is 0.122. The molecule has 2 aliphatic rings. The number of nitrogens with zero attached hydrogens (tertiary/aromatic N) is 5. The van der Waals surface area contributed by atoms with E-state index in [4.69, 9.17) is 14.7 Å². The van der Waals surface area contributed by atoms with E-state index in [2.05, 4.69) is 19.5 Å². The summed E-state index contributed by atoms with van der Waals surface area (Å²) < 4.78 is 31.1. The fourth-order valence-corrected chi connectivity index (χ4v) is 4.64. The van der Waals surface area contributed by atoms with Gasteiger partial charge in [-0.3, -0.25) is 9.71 Å². The van der Waals surface area contributed by atoms with Crippen LogP contribution in [0.4, 0.5) is 23.1 Å². The van der Waals surface area contributed by atoms with E-state index in [0.29, 0.717) is 24.8 Å². The van der Waals surface area contributed by atoms with Crippen LogP contribution in [0.25, 0.3) is 11.3 Å². The Labute approximate surface area is 187 Å². The number of nitrogens with one attached hydrogen (secondary N) is 1. The number of hydrogen-bond donors (Lipinski definition) is 1. The highest BCUT2D eigenvalue weighted by atomic mass is 32.2. The first-order chi connectivity index (χ1) is 15.5. The molecule has 0 unspecified atom stereocenters. The Kier molecular flexibility index (Phi) is 5.40. The van der Waals surface area contributed by atoms with Crippen molar-refractivity contribution in [2.24, 2.45) is 0 Å². The van der Waals surface area contributed by atoms with Gasteiger partial charge in [-0.05, 0) is 30.7 Å². The number of benzene rings is 1. The molecule has 0 bridgehead atoms. The van der Waals surface area contributed by atoms with E-state index < -0.39 is 10.0 Å². The summed E-state index contributed by atoms with van der Waals surface area (Å²) in [7, 11) is -3.33. The van der Waals surface area contributed by atoms with Gasteiger partial charge in [-0.2, -0.15) is 4.98 Å². The number of pyridine rings is 1. The van der Waals surface area contributed by atoms with Crippen molar-refractivity contribution in [3.63, 3.8) is 0 Å². The molecule has 10 heteroatoms. The predicted octanol–water partition coefficient (Wildman–Crippen LogP) is 2.44. The zero-order valence-corrected chi connectivity index (χ0v) is 18.5. The molecule has 166 valence electrons. The quantitative estimate of drug-likeness (QED) is 0.630. The molecule has 1 aromatic carbocycles. The second-order valence-electron chi connectivity index (χ2n) is 7.83. The number of morpholine rings is 1. The van der Waals surface area contributed by atoms with E-state index in [9.17, 15) is 8.42 Å². The van der Waals surface area contributed by atoms with Gasteiger partial charge in [0.15, 0.2) is 0 Å². The Morgan fingerprint density at radius 3 is 2.38 bits per heavy atom. The van der Waals surface area contributed by atoms with Gasteiger partial charge in [-0.1, -0.05) is 12.1 Å². The monoisotopic (exact) mass is 452 g/mol. The first-order valence-corrected chi connectivity index (χ1v) is 12.4. The van der Waals surface area contributed by atoms with Crippen LogP contribution in [0.2, 0.25) is 0 Å². The molecule has 5 rings (SSSR count). The van der Waals surface area contributed by atoms with E-state index in [1.165, 1.54) is 0 Å². The van der Waals surface area contributed by atoms with Crippen molar-refractivity contribution in [1.29, 1.82) is 0 Å². The molecule has 1 saturated heterocycles. The Balaban J connectivity index is 1.58. The van der Waals surface area contributed by atoms with Crippen LogP contribution in [0.15, 0.2) is 48.8 Å². The van der Waals surface area contributed by atoms with E-state index in [-0.39, 0.29) is 0 Å². The fraction of sp³-hybridized carbons (Fsp3) is 0.318. The van der Waals surface area contributed by atoms with E-state index in [0.717, 1.165) is 60.6 Å². The molecule has 1 N–H and O–H groups in total.